The molecular weight excluding hydrogens is 494 g/mol. The molecule has 0 bridgehead atoms. The predicted octanol–water partition coefficient (Wildman–Crippen LogP) is 3.69. The molecule has 0 N–H and O–H groups in total. The van der Waals surface area contributed by atoms with E-state index in [4.69, 9.17) is 23.4 Å². The monoisotopic (exact) mass is 515 g/mol. The van der Waals surface area contributed by atoms with Crippen molar-refractivity contribution in [1.82, 2.24) is 4.90 Å². The lowest BCUT2D eigenvalue weighted by Crippen LogP contribution is -2.36. The first-order chi connectivity index (χ1) is 18.3. The molecule has 10 heteroatoms. The van der Waals surface area contributed by atoms with Gasteiger partial charge in [-0.15, -0.1) is 0 Å². The maximum Gasteiger partial charge on any atom is 0.331 e. The van der Waals surface area contributed by atoms with E-state index in [2.05, 4.69) is 0 Å². The average Bonchev–Trinajstić information content (AvgIpc) is 3.17. The van der Waals surface area contributed by atoms with Crippen LogP contribution in [0, 0.1) is 0 Å². The van der Waals surface area contributed by atoms with Gasteiger partial charge in [0.1, 0.15) is 23.6 Å². The van der Waals surface area contributed by atoms with Gasteiger partial charge in [-0.25, -0.2) is 4.79 Å². The highest BCUT2D eigenvalue weighted by atomic mass is 16.5. The number of nitrogens with zero attached hydrogens (tertiary/aromatic N) is 1. The van der Waals surface area contributed by atoms with Crippen LogP contribution in [0.3, 0.4) is 0 Å². The Hall–Kier alpha value is -5.12. The van der Waals surface area contributed by atoms with Gasteiger partial charge in [0.15, 0.2) is 16.9 Å². The SMILES string of the molecule is COc1cc(-c2cc(=O)c3cc(OC(=O)CN4C(=O)c5ccccc5C4=O)ccc3o2)cc(OC)c1OC. The van der Waals surface area contributed by atoms with Crippen molar-refractivity contribution in [3.8, 4) is 34.3 Å². The van der Waals surface area contributed by atoms with Crippen LogP contribution in [-0.2, 0) is 4.79 Å². The first-order valence-electron chi connectivity index (χ1n) is 11.4. The van der Waals surface area contributed by atoms with Gasteiger partial charge in [0.25, 0.3) is 11.8 Å². The summed E-state index contributed by atoms with van der Waals surface area (Å²) in [7, 11) is 4.45. The van der Waals surface area contributed by atoms with Crippen LogP contribution < -0.4 is 24.4 Å². The third-order valence-electron chi connectivity index (χ3n) is 6.04. The molecule has 0 saturated carbocycles. The Balaban J connectivity index is 1.39. The molecule has 5 rings (SSSR count). The molecule has 0 saturated heterocycles. The number of rotatable bonds is 7. The summed E-state index contributed by atoms with van der Waals surface area (Å²) in [5.41, 5.74) is 0.859. The lowest BCUT2D eigenvalue weighted by Gasteiger charge is -2.14. The molecule has 0 spiro atoms. The summed E-state index contributed by atoms with van der Waals surface area (Å²) in [4.78, 5) is 51.3. The van der Waals surface area contributed by atoms with Gasteiger partial charge >= 0.3 is 5.97 Å². The average molecular weight is 515 g/mol. The maximum atomic E-state index is 12.9. The van der Waals surface area contributed by atoms with Crippen LogP contribution in [0.2, 0.25) is 0 Å². The number of hydrogen-bond donors (Lipinski definition) is 0. The van der Waals surface area contributed by atoms with Crippen molar-refractivity contribution >= 4 is 28.8 Å². The molecule has 0 radical (unpaired) electrons. The van der Waals surface area contributed by atoms with Crippen LogP contribution in [0.4, 0.5) is 0 Å². The number of benzene rings is 3. The Kier molecular flexibility index (Phi) is 6.29. The fraction of sp³-hybridized carbons (Fsp3) is 0.143. The van der Waals surface area contributed by atoms with Gasteiger partial charge in [0.2, 0.25) is 5.75 Å². The fourth-order valence-corrected chi connectivity index (χ4v) is 4.24. The van der Waals surface area contributed by atoms with Crippen LogP contribution in [-0.4, -0.2) is 50.6 Å². The molecule has 10 nitrogen and oxygen atoms in total. The maximum absolute atomic E-state index is 12.9. The number of amides is 2. The molecule has 192 valence electrons. The standard InChI is InChI=1S/C28H21NO9/c1-34-23-10-15(11-24(35-2)26(23)36-3)22-13-20(30)19-12-16(8-9-21(19)38-22)37-25(31)14-29-27(32)17-6-4-5-7-18(17)28(29)33/h4-13H,14H2,1-3H3. The van der Waals surface area contributed by atoms with Crippen LogP contribution in [0.15, 0.2) is 69.9 Å². The molecular formula is C28H21NO9. The summed E-state index contributed by atoms with van der Waals surface area (Å²) < 4.78 is 27.3. The van der Waals surface area contributed by atoms with Gasteiger partial charge in [-0.05, 0) is 42.5 Å². The first kappa shape index (κ1) is 24.6. The van der Waals surface area contributed by atoms with Crippen LogP contribution in [0.5, 0.6) is 23.0 Å². The number of ether oxygens (including phenoxy) is 4. The Morgan fingerprint density at radius 3 is 2.03 bits per heavy atom. The van der Waals surface area contributed by atoms with Crippen LogP contribution in [0.25, 0.3) is 22.3 Å². The Morgan fingerprint density at radius 1 is 0.816 bits per heavy atom. The number of hydrogen-bond acceptors (Lipinski definition) is 9. The Labute approximate surface area is 215 Å². The molecule has 1 aromatic heterocycles. The number of fused-ring (bicyclic) bond motifs is 2. The van der Waals surface area contributed by atoms with Gasteiger partial charge < -0.3 is 23.4 Å². The minimum atomic E-state index is -0.836. The summed E-state index contributed by atoms with van der Waals surface area (Å²) in [6.07, 6.45) is 0. The second kappa shape index (κ2) is 9.74. The molecule has 2 heterocycles. The van der Waals surface area contributed by atoms with Crippen LogP contribution >= 0.6 is 0 Å². The second-order valence-electron chi connectivity index (χ2n) is 8.26. The number of esters is 1. The molecule has 0 unspecified atom stereocenters. The zero-order valence-corrected chi connectivity index (χ0v) is 20.6. The zero-order chi connectivity index (χ0) is 27.0. The minimum absolute atomic E-state index is 0.0620. The van der Waals surface area contributed by atoms with Gasteiger partial charge in [0, 0.05) is 11.6 Å². The smallest absolute Gasteiger partial charge is 0.331 e. The van der Waals surface area contributed by atoms with Gasteiger partial charge in [-0.2, -0.15) is 0 Å². The van der Waals surface area contributed by atoms with E-state index in [1.807, 2.05) is 0 Å². The Morgan fingerprint density at radius 2 is 1.45 bits per heavy atom. The number of methoxy groups -OCH3 is 3. The topological polar surface area (TPSA) is 122 Å². The van der Waals surface area contributed by atoms with Gasteiger partial charge in [-0.3, -0.25) is 19.3 Å². The summed E-state index contributed by atoms with van der Waals surface area (Å²) >= 11 is 0. The summed E-state index contributed by atoms with van der Waals surface area (Å²) in [5.74, 6) is -0.465. The zero-order valence-electron chi connectivity index (χ0n) is 20.6. The fourth-order valence-electron chi connectivity index (χ4n) is 4.24. The summed E-state index contributed by atoms with van der Waals surface area (Å²) in [6.45, 7) is -0.570. The normalized spacial score (nSPS) is 12.4. The molecule has 0 atom stereocenters. The van der Waals surface area contributed by atoms with Gasteiger partial charge in [-0.1, -0.05) is 12.1 Å². The number of carbonyl (C=O) groups excluding carboxylic acids is 3. The van der Waals surface area contributed by atoms with E-state index in [1.165, 1.54) is 57.7 Å². The van der Waals surface area contributed by atoms with Crippen molar-refractivity contribution in [3.63, 3.8) is 0 Å². The molecule has 0 fully saturated rings. The Bertz CT molecular complexity index is 1610. The van der Waals surface area contributed by atoms with E-state index in [1.54, 1.807) is 24.3 Å². The number of imide groups is 1. The van der Waals surface area contributed by atoms with Crippen molar-refractivity contribution in [3.05, 3.63) is 82.0 Å². The molecule has 38 heavy (non-hydrogen) atoms. The lowest BCUT2D eigenvalue weighted by atomic mass is 10.1. The quantitative estimate of drug-likeness (QED) is 0.206. The second-order valence-corrected chi connectivity index (χ2v) is 8.26. The van der Waals surface area contributed by atoms with Crippen molar-refractivity contribution in [2.24, 2.45) is 0 Å². The van der Waals surface area contributed by atoms with Gasteiger partial charge in [0.05, 0.1) is 37.8 Å². The van der Waals surface area contributed by atoms with E-state index in [-0.39, 0.29) is 39.0 Å². The van der Waals surface area contributed by atoms with E-state index < -0.39 is 24.3 Å². The van der Waals surface area contributed by atoms with Crippen molar-refractivity contribution < 1.29 is 37.7 Å². The highest BCUT2D eigenvalue weighted by Crippen LogP contribution is 2.41. The van der Waals surface area contributed by atoms with Crippen molar-refractivity contribution in [2.45, 2.75) is 0 Å². The molecule has 0 aliphatic carbocycles. The van der Waals surface area contributed by atoms with E-state index >= 15 is 0 Å². The van der Waals surface area contributed by atoms with E-state index in [9.17, 15) is 19.2 Å². The van der Waals surface area contributed by atoms with E-state index in [0.29, 0.717) is 22.8 Å². The molecule has 2 amide bonds. The third kappa shape index (κ3) is 4.21. The third-order valence-corrected chi connectivity index (χ3v) is 6.04. The predicted molar refractivity (Wildman–Crippen MR) is 135 cm³/mol. The molecule has 1 aliphatic rings. The van der Waals surface area contributed by atoms with E-state index in [0.717, 1.165) is 4.90 Å². The molecule has 1 aliphatic heterocycles. The molecule has 3 aromatic carbocycles. The highest BCUT2D eigenvalue weighted by Gasteiger charge is 2.36. The lowest BCUT2D eigenvalue weighted by molar-refractivity contribution is -0.134. The number of carbonyl (C=O) groups is 3. The molecule has 4 aromatic rings. The largest absolute Gasteiger partial charge is 0.493 e. The summed E-state index contributed by atoms with van der Waals surface area (Å²) in [6, 6.07) is 15.2. The minimum Gasteiger partial charge on any atom is -0.493 e. The summed E-state index contributed by atoms with van der Waals surface area (Å²) in [5, 5.41) is 0.173. The van der Waals surface area contributed by atoms with Crippen LogP contribution in [0.1, 0.15) is 20.7 Å². The van der Waals surface area contributed by atoms with Crippen molar-refractivity contribution in [1.29, 1.82) is 0 Å². The first-order valence-corrected chi connectivity index (χ1v) is 11.4. The van der Waals surface area contributed by atoms with Crippen molar-refractivity contribution in [2.75, 3.05) is 27.9 Å². The highest BCUT2D eigenvalue weighted by molar-refractivity contribution is 6.22.